The molecule has 1 aliphatic heterocycles. The Labute approximate surface area is 86.7 Å². The van der Waals surface area contributed by atoms with E-state index >= 15 is 0 Å². The summed E-state index contributed by atoms with van der Waals surface area (Å²) in [6, 6.07) is 0. The molecule has 1 aliphatic rings. The summed E-state index contributed by atoms with van der Waals surface area (Å²) in [7, 11) is 0. The number of alkyl halides is 3. The monoisotopic (exact) mass is 309 g/mol. The summed E-state index contributed by atoms with van der Waals surface area (Å²) < 4.78 is 41.0. The van der Waals surface area contributed by atoms with Crippen molar-refractivity contribution < 1.29 is 21.0 Å². The van der Waals surface area contributed by atoms with Gasteiger partial charge in [-0.05, 0) is 0 Å². The average Bonchev–Trinajstić information content (AvgIpc) is 2.34. The van der Waals surface area contributed by atoms with Gasteiger partial charge < -0.3 is 8.38 Å². The highest BCUT2D eigenvalue weighted by atomic mass is 127. The summed E-state index contributed by atoms with van der Waals surface area (Å²) >= 11 is 1.21. The van der Waals surface area contributed by atoms with Crippen LogP contribution in [0.4, 0.5) is 13.2 Å². The van der Waals surface area contributed by atoms with Gasteiger partial charge >= 0.3 is 6.18 Å². The molecule has 76 valence electrons. The molecule has 0 bridgehead atoms. The normalized spacial score (nSPS) is 25.8. The van der Waals surface area contributed by atoms with Crippen molar-refractivity contribution in [3.63, 3.8) is 0 Å². The zero-order valence-electron chi connectivity index (χ0n) is 6.40. The number of carbonyl (C=O) groups is 1. The summed E-state index contributed by atoms with van der Waals surface area (Å²) in [5, 5.41) is 2.33. The summed E-state index contributed by atoms with van der Waals surface area (Å²) in [4.78, 5) is 10.7. The Balaban J connectivity index is 2.62. The predicted octanol–water partition coefficient (Wildman–Crippen LogP) is 1.42. The van der Waals surface area contributed by atoms with Crippen LogP contribution in [0, 0.1) is 5.92 Å². The van der Waals surface area contributed by atoms with E-state index in [9.17, 15) is 18.0 Å². The van der Waals surface area contributed by atoms with Gasteiger partial charge in [-0.15, -0.1) is 0 Å². The lowest BCUT2D eigenvalue weighted by atomic mass is 10.0. The maximum absolute atomic E-state index is 12.2. The van der Waals surface area contributed by atoms with Crippen LogP contribution < -0.4 is 5.32 Å². The van der Waals surface area contributed by atoms with E-state index in [1.165, 1.54) is 23.0 Å². The maximum Gasteiger partial charge on any atom is 0.415 e. The van der Waals surface area contributed by atoms with Gasteiger partial charge in [-0.3, -0.25) is 4.79 Å². The van der Waals surface area contributed by atoms with E-state index in [2.05, 4.69) is 8.38 Å². The molecule has 0 aromatic heterocycles. The number of hydrogen-bond donors (Lipinski definition) is 1. The standard InChI is InChI=1S/C6H7F3INO2/c7-6(8,9)5(13-10)3-1-4(12)11-2-3/h3,5H,1-2H2,(H,11,12)/t3-,5?/m1/s1. The first-order valence-electron chi connectivity index (χ1n) is 3.56. The number of hydrogen-bond acceptors (Lipinski definition) is 2. The van der Waals surface area contributed by atoms with Crippen LogP contribution >= 0.6 is 23.0 Å². The fourth-order valence-electron chi connectivity index (χ4n) is 1.23. The fourth-order valence-corrected chi connectivity index (χ4v) is 1.94. The van der Waals surface area contributed by atoms with Gasteiger partial charge in [0.25, 0.3) is 0 Å². The molecule has 0 spiro atoms. The molecule has 1 heterocycles. The van der Waals surface area contributed by atoms with Gasteiger partial charge in [0.15, 0.2) is 6.10 Å². The van der Waals surface area contributed by atoms with Crippen molar-refractivity contribution >= 4 is 28.9 Å². The van der Waals surface area contributed by atoms with Crippen LogP contribution in [0.5, 0.6) is 0 Å². The lowest BCUT2D eigenvalue weighted by Gasteiger charge is -2.21. The van der Waals surface area contributed by atoms with Crippen molar-refractivity contribution in [2.45, 2.75) is 18.7 Å². The molecule has 3 nitrogen and oxygen atoms in total. The third-order valence-electron chi connectivity index (χ3n) is 1.86. The van der Waals surface area contributed by atoms with E-state index in [4.69, 9.17) is 0 Å². The van der Waals surface area contributed by atoms with E-state index in [0.717, 1.165) is 0 Å². The molecule has 0 aromatic carbocycles. The van der Waals surface area contributed by atoms with Gasteiger partial charge in [-0.25, -0.2) is 0 Å². The quantitative estimate of drug-likeness (QED) is 0.784. The highest BCUT2D eigenvalue weighted by Crippen LogP contribution is 2.32. The van der Waals surface area contributed by atoms with Gasteiger partial charge in [0.1, 0.15) is 23.0 Å². The first-order valence-corrected chi connectivity index (χ1v) is 4.44. The molecular weight excluding hydrogens is 302 g/mol. The van der Waals surface area contributed by atoms with Gasteiger partial charge in [-0.1, -0.05) is 0 Å². The van der Waals surface area contributed by atoms with E-state index in [-0.39, 0.29) is 18.9 Å². The van der Waals surface area contributed by atoms with Crippen molar-refractivity contribution in [1.29, 1.82) is 0 Å². The molecule has 0 saturated carbocycles. The Hall–Kier alpha value is -0.0500. The molecule has 1 saturated heterocycles. The molecule has 1 rings (SSSR count). The SMILES string of the molecule is O=C1C[C@@H](C(OI)C(F)(F)F)CN1. The number of amides is 1. The molecule has 0 radical (unpaired) electrons. The van der Waals surface area contributed by atoms with E-state index in [1.54, 1.807) is 0 Å². The van der Waals surface area contributed by atoms with E-state index in [1.807, 2.05) is 0 Å². The van der Waals surface area contributed by atoms with Crippen LogP contribution in [0.15, 0.2) is 0 Å². The largest absolute Gasteiger partial charge is 0.415 e. The number of carbonyl (C=O) groups excluding carboxylic acids is 1. The van der Waals surface area contributed by atoms with Gasteiger partial charge in [0.05, 0.1) is 0 Å². The Morgan fingerprint density at radius 1 is 1.62 bits per heavy atom. The first-order chi connectivity index (χ1) is 5.95. The maximum atomic E-state index is 12.2. The Kier molecular flexibility index (Phi) is 3.38. The Morgan fingerprint density at radius 2 is 2.23 bits per heavy atom. The molecule has 1 amide bonds. The van der Waals surface area contributed by atoms with Crippen molar-refractivity contribution in [1.82, 2.24) is 5.32 Å². The van der Waals surface area contributed by atoms with Crippen molar-refractivity contribution in [3.8, 4) is 0 Å². The number of rotatable bonds is 2. The summed E-state index contributed by atoms with van der Waals surface area (Å²) in [5.74, 6) is -1.16. The minimum Gasteiger partial charge on any atom is -0.356 e. The second-order valence-electron chi connectivity index (χ2n) is 2.82. The van der Waals surface area contributed by atoms with Crippen LogP contribution in [0.3, 0.4) is 0 Å². The molecule has 7 heteroatoms. The molecule has 1 unspecified atom stereocenters. The first kappa shape index (κ1) is 11.0. The average molecular weight is 309 g/mol. The van der Waals surface area contributed by atoms with Gasteiger partial charge in [0.2, 0.25) is 5.91 Å². The summed E-state index contributed by atoms with van der Waals surface area (Å²) in [6.45, 7) is 0.0337. The summed E-state index contributed by atoms with van der Waals surface area (Å²) in [6.07, 6.45) is -6.38. The molecule has 2 atom stereocenters. The van der Waals surface area contributed by atoms with Crippen LogP contribution in [0.25, 0.3) is 0 Å². The molecular formula is C6H7F3INO2. The van der Waals surface area contributed by atoms with Crippen LogP contribution in [-0.4, -0.2) is 24.7 Å². The van der Waals surface area contributed by atoms with Gasteiger partial charge in [-0.2, -0.15) is 13.2 Å². The lowest BCUT2D eigenvalue weighted by molar-refractivity contribution is -0.199. The minimum atomic E-state index is -4.40. The second kappa shape index (κ2) is 3.99. The zero-order valence-corrected chi connectivity index (χ0v) is 8.55. The highest BCUT2D eigenvalue weighted by molar-refractivity contribution is 14.1. The zero-order chi connectivity index (χ0) is 10.1. The molecule has 1 N–H and O–H groups in total. The van der Waals surface area contributed by atoms with Gasteiger partial charge in [0, 0.05) is 18.9 Å². The number of nitrogens with one attached hydrogen (secondary N) is 1. The van der Waals surface area contributed by atoms with Crippen LogP contribution in [0.1, 0.15) is 6.42 Å². The molecule has 1 fully saturated rings. The molecule has 0 aliphatic carbocycles. The Bertz CT molecular complexity index is 209. The topological polar surface area (TPSA) is 38.3 Å². The van der Waals surface area contributed by atoms with E-state index < -0.39 is 18.2 Å². The summed E-state index contributed by atoms with van der Waals surface area (Å²) in [5.41, 5.74) is 0. The minimum absolute atomic E-state index is 0.0337. The smallest absolute Gasteiger partial charge is 0.356 e. The molecule has 0 aromatic rings. The third kappa shape index (κ3) is 2.70. The Morgan fingerprint density at radius 3 is 2.54 bits per heavy atom. The van der Waals surface area contributed by atoms with E-state index in [0.29, 0.717) is 0 Å². The van der Waals surface area contributed by atoms with Crippen LogP contribution in [-0.2, 0) is 7.86 Å². The second-order valence-corrected chi connectivity index (χ2v) is 3.33. The van der Waals surface area contributed by atoms with Crippen LogP contribution in [0.2, 0.25) is 0 Å². The highest BCUT2D eigenvalue weighted by Gasteiger charge is 2.47. The molecule has 13 heavy (non-hydrogen) atoms. The number of halogens is 4. The predicted molar refractivity (Wildman–Crippen MR) is 46.1 cm³/mol. The third-order valence-corrected chi connectivity index (χ3v) is 2.40. The fraction of sp³-hybridized carbons (Fsp3) is 0.833. The van der Waals surface area contributed by atoms with Crippen molar-refractivity contribution in [3.05, 3.63) is 0 Å². The lowest BCUT2D eigenvalue weighted by Crippen LogP contribution is -2.37. The van der Waals surface area contributed by atoms with Crippen molar-refractivity contribution in [2.75, 3.05) is 6.54 Å². The van der Waals surface area contributed by atoms with Crippen molar-refractivity contribution in [2.24, 2.45) is 5.92 Å².